The highest BCUT2D eigenvalue weighted by molar-refractivity contribution is 5.93. The first-order chi connectivity index (χ1) is 19.0. The quantitative estimate of drug-likeness (QED) is 0.365. The summed E-state index contributed by atoms with van der Waals surface area (Å²) in [5, 5.41) is 4.43. The summed E-state index contributed by atoms with van der Waals surface area (Å²) in [6.45, 7) is 1.96. The monoisotopic (exact) mass is 555 g/mol. The molecule has 2 N–H and O–H groups in total. The van der Waals surface area contributed by atoms with Gasteiger partial charge in [0.25, 0.3) is 11.3 Å². The topological polar surface area (TPSA) is 106 Å². The van der Waals surface area contributed by atoms with Crippen LogP contribution in [0.2, 0.25) is 0 Å². The lowest BCUT2D eigenvalue weighted by Crippen LogP contribution is -2.51. The molecule has 40 heavy (non-hydrogen) atoms. The van der Waals surface area contributed by atoms with Crippen molar-refractivity contribution in [3.05, 3.63) is 100.0 Å². The number of hydrogen-bond donors (Lipinski definition) is 2. The number of benzene rings is 2. The maximum atomic E-state index is 13.3. The molecule has 0 saturated heterocycles. The predicted octanol–water partition coefficient (Wildman–Crippen LogP) is 5.04. The number of amides is 2. The molecule has 11 heteroatoms. The van der Waals surface area contributed by atoms with Crippen molar-refractivity contribution in [2.75, 3.05) is 5.32 Å². The molecule has 2 amide bonds. The van der Waals surface area contributed by atoms with Gasteiger partial charge in [0, 0.05) is 5.69 Å². The number of pyridine rings is 1. The van der Waals surface area contributed by atoms with E-state index in [0.717, 1.165) is 15.7 Å². The number of hydrogen-bond acceptors (Lipinski definition) is 5. The molecular formula is C29H28F3N3O5. The van der Waals surface area contributed by atoms with E-state index in [1.807, 2.05) is 6.07 Å². The zero-order valence-electron chi connectivity index (χ0n) is 21.8. The Labute approximate surface area is 228 Å². The number of alkyl halides is 3. The SMILES string of the molecule is CC(C)C(NC(=O)Cn1c(/C=C/c2ccccc2)ccc(NC(=O)OCc2ccccc2)c1=O)C(=O)C(F)(F)F. The number of aromatic nitrogens is 1. The molecule has 3 aromatic rings. The summed E-state index contributed by atoms with van der Waals surface area (Å²) < 4.78 is 45.3. The van der Waals surface area contributed by atoms with E-state index in [9.17, 15) is 32.3 Å². The van der Waals surface area contributed by atoms with Crippen LogP contribution in [0.1, 0.15) is 30.7 Å². The van der Waals surface area contributed by atoms with Crippen LogP contribution in [0.25, 0.3) is 12.2 Å². The Balaban J connectivity index is 1.87. The zero-order chi connectivity index (χ0) is 29.3. The van der Waals surface area contributed by atoms with E-state index in [2.05, 4.69) is 10.6 Å². The Morgan fingerprint density at radius 1 is 0.925 bits per heavy atom. The summed E-state index contributed by atoms with van der Waals surface area (Å²) in [4.78, 5) is 50.3. The first-order valence-corrected chi connectivity index (χ1v) is 12.3. The minimum atomic E-state index is -5.15. The molecule has 0 aliphatic carbocycles. The number of Topliss-reactive ketones (excluding diaryl/α,β-unsaturated/α-hetero) is 1. The molecule has 210 valence electrons. The minimum Gasteiger partial charge on any atom is -0.444 e. The van der Waals surface area contributed by atoms with Gasteiger partial charge in [-0.1, -0.05) is 80.6 Å². The Hall–Kier alpha value is -4.67. The highest BCUT2D eigenvalue weighted by atomic mass is 19.4. The maximum Gasteiger partial charge on any atom is 0.452 e. The molecule has 0 aliphatic rings. The van der Waals surface area contributed by atoms with Crippen LogP contribution in [-0.4, -0.2) is 34.6 Å². The average molecular weight is 556 g/mol. The second-order valence-electron chi connectivity index (χ2n) is 9.15. The number of ether oxygens (including phenoxy) is 1. The van der Waals surface area contributed by atoms with Crippen molar-refractivity contribution in [2.45, 2.75) is 39.2 Å². The van der Waals surface area contributed by atoms with Gasteiger partial charge in [0.15, 0.2) is 0 Å². The van der Waals surface area contributed by atoms with Gasteiger partial charge in [0.2, 0.25) is 5.91 Å². The Morgan fingerprint density at radius 2 is 1.55 bits per heavy atom. The van der Waals surface area contributed by atoms with Gasteiger partial charge in [-0.15, -0.1) is 0 Å². The lowest BCUT2D eigenvalue weighted by molar-refractivity contribution is -0.174. The second-order valence-corrected chi connectivity index (χ2v) is 9.15. The summed E-state index contributed by atoms with van der Waals surface area (Å²) in [5.74, 6) is -3.94. The number of rotatable bonds is 10. The molecule has 8 nitrogen and oxygen atoms in total. The first kappa shape index (κ1) is 29.9. The largest absolute Gasteiger partial charge is 0.452 e. The lowest BCUT2D eigenvalue weighted by Gasteiger charge is -2.22. The summed E-state index contributed by atoms with van der Waals surface area (Å²) in [5.41, 5.74) is 0.727. The van der Waals surface area contributed by atoms with Crippen LogP contribution in [0.15, 0.2) is 77.6 Å². The molecule has 0 saturated carbocycles. The van der Waals surface area contributed by atoms with Gasteiger partial charge in [-0.05, 0) is 35.3 Å². The van der Waals surface area contributed by atoms with E-state index < -0.39 is 48.0 Å². The molecule has 0 bridgehead atoms. The number of nitrogens with zero attached hydrogens (tertiary/aromatic N) is 1. The number of carbonyl (C=O) groups excluding carboxylic acids is 3. The van der Waals surface area contributed by atoms with Gasteiger partial charge in [-0.3, -0.25) is 24.3 Å². The smallest absolute Gasteiger partial charge is 0.444 e. The third-order valence-electron chi connectivity index (χ3n) is 5.75. The van der Waals surface area contributed by atoms with Gasteiger partial charge >= 0.3 is 12.3 Å². The van der Waals surface area contributed by atoms with Crippen molar-refractivity contribution >= 4 is 35.6 Å². The van der Waals surface area contributed by atoms with Crippen LogP contribution in [0, 0.1) is 5.92 Å². The molecule has 1 heterocycles. The summed E-state index contributed by atoms with van der Waals surface area (Å²) >= 11 is 0. The van der Waals surface area contributed by atoms with E-state index in [1.54, 1.807) is 66.7 Å². The van der Waals surface area contributed by atoms with Gasteiger partial charge < -0.3 is 10.1 Å². The molecule has 0 fully saturated rings. The summed E-state index contributed by atoms with van der Waals surface area (Å²) in [7, 11) is 0. The van der Waals surface area contributed by atoms with Gasteiger partial charge in [0.1, 0.15) is 18.8 Å². The number of nitrogens with one attached hydrogen (secondary N) is 2. The first-order valence-electron chi connectivity index (χ1n) is 12.3. The summed E-state index contributed by atoms with van der Waals surface area (Å²) in [6, 6.07) is 18.8. The standard InChI is InChI=1S/C29H28F3N3O5/c1-19(2)25(26(37)29(30,31)32)34-24(36)17-35-22(14-13-20-9-5-3-6-10-20)15-16-23(27(35)38)33-28(39)40-18-21-11-7-4-8-12-21/h3-16,19,25H,17-18H2,1-2H3,(H,33,39)(H,34,36)/b14-13+. The Bertz CT molecular complexity index is 1420. The molecule has 1 aromatic heterocycles. The maximum absolute atomic E-state index is 13.3. The lowest BCUT2D eigenvalue weighted by atomic mass is 9.99. The van der Waals surface area contributed by atoms with E-state index in [-0.39, 0.29) is 18.0 Å². The van der Waals surface area contributed by atoms with Crippen molar-refractivity contribution in [2.24, 2.45) is 5.92 Å². The Kier molecular flexibility index (Phi) is 10.0. The molecule has 1 atom stereocenters. The number of anilines is 1. The molecule has 3 rings (SSSR count). The number of ketones is 1. The van der Waals surface area contributed by atoms with Crippen molar-refractivity contribution in [1.82, 2.24) is 9.88 Å². The second kappa shape index (κ2) is 13.4. The van der Waals surface area contributed by atoms with E-state index in [4.69, 9.17) is 4.74 Å². The molecule has 1 unspecified atom stereocenters. The van der Waals surface area contributed by atoms with Crippen molar-refractivity contribution < 1.29 is 32.3 Å². The van der Waals surface area contributed by atoms with E-state index >= 15 is 0 Å². The molecule has 0 radical (unpaired) electrons. The highest BCUT2D eigenvalue weighted by Crippen LogP contribution is 2.21. The molecule has 0 aliphatic heterocycles. The van der Waals surface area contributed by atoms with E-state index in [0.29, 0.717) is 0 Å². The van der Waals surface area contributed by atoms with Crippen LogP contribution in [0.5, 0.6) is 0 Å². The fourth-order valence-corrected chi connectivity index (χ4v) is 3.69. The van der Waals surface area contributed by atoms with Crippen LogP contribution in [-0.2, 0) is 27.5 Å². The van der Waals surface area contributed by atoms with Gasteiger partial charge in [-0.2, -0.15) is 13.2 Å². The van der Waals surface area contributed by atoms with E-state index in [1.165, 1.54) is 26.0 Å². The highest BCUT2D eigenvalue weighted by Gasteiger charge is 2.45. The van der Waals surface area contributed by atoms with Crippen molar-refractivity contribution in [3.8, 4) is 0 Å². The third kappa shape index (κ3) is 8.42. The van der Waals surface area contributed by atoms with Crippen LogP contribution in [0.3, 0.4) is 0 Å². The van der Waals surface area contributed by atoms with Crippen molar-refractivity contribution in [1.29, 1.82) is 0 Å². The minimum absolute atomic E-state index is 0.0506. The predicted molar refractivity (Wildman–Crippen MR) is 144 cm³/mol. The zero-order valence-corrected chi connectivity index (χ0v) is 21.8. The van der Waals surface area contributed by atoms with Gasteiger partial charge in [0.05, 0.1) is 6.04 Å². The van der Waals surface area contributed by atoms with Gasteiger partial charge in [-0.25, -0.2) is 4.79 Å². The number of halogens is 3. The van der Waals surface area contributed by atoms with Crippen LogP contribution < -0.4 is 16.2 Å². The molecular weight excluding hydrogens is 527 g/mol. The fraction of sp³-hybridized carbons (Fsp3) is 0.241. The normalized spacial score (nSPS) is 12.2. The van der Waals surface area contributed by atoms with Crippen molar-refractivity contribution in [3.63, 3.8) is 0 Å². The molecule has 0 spiro atoms. The summed E-state index contributed by atoms with van der Waals surface area (Å²) in [6.07, 6.45) is -2.84. The van der Waals surface area contributed by atoms with Crippen LogP contribution in [0.4, 0.5) is 23.7 Å². The average Bonchev–Trinajstić information content (AvgIpc) is 2.92. The molecule has 2 aromatic carbocycles. The third-order valence-corrected chi connectivity index (χ3v) is 5.75. The van der Waals surface area contributed by atoms with Crippen LogP contribution >= 0.6 is 0 Å². The number of carbonyl (C=O) groups is 3. The fourth-order valence-electron chi connectivity index (χ4n) is 3.69. The Morgan fingerprint density at radius 3 is 2.15 bits per heavy atom.